The molecule has 0 spiro atoms. The quantitative estimate of drug-likeness (QED) is 0.940. The van der Waals surface area contributed by atoms with Crippen LogP contribution in [0.2, 0.25) is 0 Å². The second kappa shape index (κ2) is 5.42. The van der Waals surface area contributed by atoms with Crippen LogP contribution in [0.5, 0.6) is 0 Å². The molecule has 2 rings (SSSR count). The maximum absolute atomic E-state index is 13.4. The lowest BCUT2D eigenvalue weighted by molar-refractivity contribution is 0.618. The Morgan fingerprint density at radius 1 is 1.41 bits per heavy atom. The van der Waals surface area contributed by atoms with Crippen LogP contribution in [-0.2, 0) is 6.54 Å². The van der Waals surface area contributed by atoms with Crippen molar-refractivity contribution in [2.45, 2.75) is 13.5 Å². The largest absolute Gasteiger partial charge is 0.311 e. The predicted octanol–water partition coefficient (Wildman–Crippen LogP) is 2.88. The van der Waals surface area contributed by atoms with Crippen molar-refractivity contribution in [3.8, 4) is 5.69 Å². The maximum Gasteiger partial charge on any atom is 0.139 e. The lowest BCUT2D eigenvalue weighted by Gasteiger charge is -2.02. The van der Waals surface area contributed by atoms with E-state index in [1.165, 1.54) is 6.07 Å². The van der Waals surface area contributed by atoms with Crippen molar-refractivity contribution in [1.29, 1.82) is 0 Å². The number of aromatic nitrogens is 2. The van der Waals surface area contributed by atoms with Crippen LogP contribution in [-0.4, -0.2) is 16.3 Å². The van der Waals surface area contributed by atoms with Gasteiger partial charge in [-0.05, 0) is 40.7 Å². The van der Waals surface area contributed by atoms with Gasteiger partial charge in [0.15, 0.2) is 0 Å². The van der Waals surface area contributed by atoms with Crippen molar-refractivity contribution < 1.29 is 4.39 Å². The number of benzene rings is 1. The van der Waals surface area contributed by atoms with Crippen molar-refractivity contribution in [2.24, 2.45) is 0 Å². The molecule has 0 saturated heterocycles. The Labute approximate surface area is 108 Å². The molecule has 1 aromatic carbocycles. The molecule has 0 radical (unpaired) electrons. The Balaban J connectivity index is 2.21. The van der Waals surface area contributed by atoms with Gasteiger partial charge in [-0.15, -0.1) is 0 Å². The van der Waals surface area contributed by atoms with Gasteiger partial charge < -0.3 is 5.32 Å². The second-order valence-corrected chi connectivity index (χ2v) is 4.48. The van der Waals surface area contributed by atoms with Crippen molar-refractivity contribution >= 4 is 15.9 Å². The zero-order valence-corrected chi connectivity index (χ0v) is 11.0. The summed E-state index contributed by atoms with van der Waals surface area (Å²) in [6, 6.07) is 6.87. The number of hydrogen-bond donors (Lipinski definition) is 1. The summed E-state index contributed by atoms with van der Waals surface area (Å²) in [6.45, 7) is 3.67. The molecule has 1 heterocycles. The molecule has 0 saturated carbocycles. The molecule has 5 heteroatoms. The van der Waals surface area contributed by atoms with Gasteiger partial charge in [-0.2, -0.15) is 5.10 Å². The molecule has 0 atom stereocenters. The molecule has 1 N–H and O–H groups in total. The van der Waals surface area contributed by atoms with Crippen molar-refractivity contribution in [3.63, 3.8) is 0 Å². The Kier molecular flexibility index (Phi) is 3.91. The highest BCUT2D eigenvalue weighted by atomic mass is 79.9. The topological polar surface area (TPSA) is 29.9 Å². The zero-order valence-electron chi connectivity index (χ0n) is 9.45. The van der Waals surface area contributed by atoms with E-state index in [2.05, 4.69) is 26.3 Å². The van der Waals surface area contributed by atoms with Crippen LogP contribution < -0.4 is 5.32 Å². The number of rotatable bonds is 4. The van der Waals surface area contributed by atoms with Gasteiger partial charge in [-0.3, -0.25) is 0 Å². The van der Waals surface area contributed by atoms with E-state index in [4.69, 9.17) is 0 Å². The van der Waals surface area contributed by atoms with E-state index in [-0.39, 0.29) is 5.82 Å². The highest BCUT2D eigenvalue weighted by Crippen LogP contribution is 2.18. The summed E-state index contributed by atoms with van der Waals surface area (Å²) in [4.78, 5) is 0. The first kappa shape index (κ1) is 12.3. The third kappa shape index (κ3) is 2.92. The predicted molar refractivity (Wildman–Crippen MR) is 68.6 cm³/mol. The highest BCUT2D eigenvalue weighted by Gasteiger charge is 2.04. The first-order chi connectivity index (χ1) is 8.20. The molecule has 2 aromatic rings. The molecular formula is C12H13BrFN3. The molecule has 90 valence electrons. The first-order valence-corrected chi connectivity index (χ1v) is 6.20. The van der Waals surface area contributed by atoms with Crippen LogP contribution in [0.25, 0.3) is 5.69 Å². The third-order valence-corrected chi connectivity index (χ3v) is 3.01. The fourth-order valence-electron chi connectivity index (χ4n) is 1.48. The monoisotopic (exact) mass is 297 g/mol. The standard InChI is InChI=1S/C12H13BrFN3/c1-2-15-8-9-5-6-17(16-9)10-3-4-11(13)12(14)7-10/h3-7,15H,2,8H2,1H3. The van der Waals surface area contributed by atoms with E-state index in [0.29, 0.717) is 10.2 Å². The third-order valence-electron chi connectivity index (χ3n) is 2.37. The smallest absolute Gasteiger partial charge is 0.139 e. The van der Waals surface area contributed by atoms with Gasteiger partial charge in [0.05, 0.1) is 15.9 Å². The molecule has 1 aromatic heterocycles. The molecular weight excluding hydrogens is 285 g/mol. The van der Waals surface area contributed by atoms with E-state index < -0.39 is 0 Å². The highest BCUT2D eigenvalue weighted by molar-refractivity contribution is 9.10. The minimum absolute atomic E-state index is 0.286. The van der Waals surface area contributed by atoms with Crippen LogP contribution in [0.3, 0.4) is 0 Å². The molecule has 3 nitrogen and oxygen atoms in total. The maximum atomic E-state index is 13.4. The van der Waals surface area contributed by atoms with Gasteiger partial charge in [-0.25, -0.2) is 9.07 Å². The Morgan fingerprint density at radius 3 is 2.94 bits per heavy atom. The summed E-state index contributed by atoms with van der Waals surface area (Å²) in [5.41, 5.74) is 1.66. The average Bonchev–Trinajstić information content (AvgIpc) is 2.79. The molecule has 0 bridgehead atoms. The summed E-state index contributed by atoms with van der Waals surface area (Å²) in [5.74, 6) is -0.286. The van der Waals surface area contributed by atoms with Crippen molar-refractivity contribution in [2.75, 3.05) is 6.54 Å². The van der Waals surface area contributed by atoms with E-state index in [0.717, 1.165) is 18.8 Å². The molecule has 17 heavy (non-hydrogen) atoms. The SMILES string of the molecule is CCNCc1ccn(-c2ccc(Br)c(F)c2)n1. The van der Waals surface area contributed by atoms with Crippen molar-refractivity contribution in [1.82, 2.24) is 15.1 Å². The molecule has 0 aliphatic carbocycles. The van der Waals surface area contributed by atoms with Crippen LogP contribution in [0.1, 0.15) is 12.6 Å². The minimum atomic E-state index is -0.286. The number of nitrogens with one attached hydrogen (secondary N) is 1. The van der Waals surface area contributed by atoms with Gasteiger partial charge in [-0.1, -0.05) is 6.92 Å². The van der Waals surface area contributed by atoms with Gasteiger partial charge in [0.1, 0.15) is 5.82 Å². The van der Waals surface area contributed by atoms with E-state index in [9.17, 15) is 4.39 Å². The summed E-state index contributed by atoms with van der Waals surface area (Å²) in [5, 5.41) is 7.55. The Bertz CT molecular complexity index is 510. The number of nitrogens with zero attached hydrogens (tertiary/aromatic N) is 2. The normalized spacial score (nSPS) is 10.8. The first-order valence-electron chi connectivity index (χ1n) is 5.41. The zero-order chi connectivity index (χ0) is 12.3. The van der Waals surface area contributed by atoms with Gasteiger partial charge in [0, 0.05) is 18.8 Å². The fourth-order valence-corrected chi connectivity index (χ4v) is 1.73. The summed E-state index contributed by atoms with van der Waals surface area (Å²) in [7, 11) is 0. The summed E-state index contributed by atoms with van der Waals surface area (Å²) >= 11 is 3.13. The van der Waals surface area contributed by atoms with Gasteiger partial charge >= 0.3 is 0 Å². The average molecular weight is 298 g/mol. The molecule has 0 fully saturated rings. The lowest BCUT2D eigenvalue weighted by Crippen LogP contribution is -2.12. The number of hydrogen-bond acceptors (Lipinski definition) is 2. The van der Waals surface area contributed by atoms with Crippen LogP contribution in [0, 0.1) is 5.82 Å². The van der Waals surface area contributed by atoms with E-state index in [1.807, 2.05) is 25.3 Å². The molecule has 0 aliphatic rings. The summed E-state index contributed by atoms with van der Waals surface area (Å²) in [6.07, 6.45) is 1.83. The van der Waals surface area contributed by atoms with E-state index in [1.54, 1.807) is 10.7 Å². The van der Waals surface area contributed by atoms with Crippen LogP contribution in [0.4, 0.5) is 4.39 Å². The summed E-state index contributed by atoms with van der Waals surface area (Å²) < 4.78 is 15.5. The van der Waals surface area contributed by atoms with Gasteiger partial charge in [0.25, 0.3) is 0 Å². The van der Waals surface area contributed by atoms with E-state index >= 15 is 0 Å². The van der Waals surface area contributed by atoms with Crippen LogP contribution >= 0.6 is 15.9 Å². The van der Waals surface area contributed by atoms with Crippen molar-refractivity contribution in [3.05, 3.63) is 46.4 Å². The lowest BCUT2D eigenvalue weighted by atomic mass is 10.3. The molecule has 0 aliphatic heterocycles. The fraction of sp³-hybridized carbons (Fsp3) is 0.250. The van der Waals surface area contributed by atoms with Crippen LogP contribution in [0.15, 0.2) is 34.9 Å². The minimum Gasteiger partial charge on any atom is -0.311 e. The van der Waals surface area contributed by atoms with Gasteiger partial charge in [0.2, 0.25) is 0 Å². The number of halogens is 2. The second-order valence-electron chi connectivity index (χ2n) is 3.63. The Hall–Kier alpha value is -1.20. The Morgan fingerprint density at radius 2 is 2.24 bits per heavy atom. The molecule has 0 amide bonds. The molecule has 0 unspecified atom stereocenters.